The SMILES string of the molecule is CC(C)OC(=O)C1=CC[C@H](C)C1. The van der Waals surface area contributed by atoms with Gasteiger partial charge in [-0.15, -0.1) is 0 Å². The van der Waals surface area contributed by atoms with Gasteiger partial charge in [0.25, 0.3) is 0 Å². The molecular weight excluding hydrogens is 152 g/mol. The van der Waals surface area contributed by atoms with Gasteiger partial charge in [0, 0.05) is 5.57 Å². The molecule has 12 heavy (non-hydrogen) atoms. The van der Waals surface area contributed by atoms with Gasteiger partial charge in [0.2, 0.25) is 0 Å². The van der Waals surface area contributed by atoms with Gasteiger partial charge in [0.05, 0.1) is 6.10 Å². The van der Waals surface area contributed by atoms with Crippen LogP contribution in [0.1, 0.15) is 33.6 Å². The number of carbonyl (C=O) groups is 1. The zero-order valence-electron chi connectivity index (χ0n) is 7.96. The van der Waals surface area contributed by atoms with Crippen LogP contribution in [0.5, 0.6) is 0 Å². The summed E-state index contributed by atoms with van der Waals surface area (Å²) in [4.78, 5) is 11.3. The van der Waals surface area contributed by atoms with Crippen LogP contribution in [0, 0.1) is 5.92 Å². The molecule has 0 aromatic heterocycles. The molecule has 0 aliphatic heterocycles. The summed E-state index contributed by atoms with van der Waals surface area (Å²) >= 11 is 0. The van der Waals surface area contributed by atoms with E-state index in [1.165, 1.54) is 0 Å². The van der Waals surface area contributed by atoms with Crippen LogP contribution in [0.4, 0.5) is 0 Å². The van der Waals surface area contributed by atoms with Crippen LogP contribution in [-0.4, -0.2) is 12.1 Å². The number of carbonyl (C=O) groups excluding carboxylic acids is 1. The van der Waals surface area contributed by atoms with Gasteiger partial charge in [-0.1, -0.05) is 13.0 Å². The topological polar surface area (TPSA) is 26.3 Å². The molecule has 0 fully saturated rings. The molecule has 2 nitrogen and oxygen atoms in total. The van der Waals surface area contributed by atoms with E-state index in [-0.39, 0.29) is 12.1 Å². The Balaban J connectivity index is 2.43. The van der Waals surface area contributed by atoms with Crippen molar-refractivity contribution >= 4 is 5.97 Å². The summed E-state index contributed by atoms with van der Waals surface area (Å²) < 4.78 is 5.08. The fourth-order valence-electron chi connectivity index (χ4n) is 1.34. The van der Waals surface area contributed by atoms with Gasteiger partial charge in [0.15, 0.2) is 0 Å². The Morgan fingerprint density at radius 2 is 2.33 bits per heavy atom. The van der Waals surface area contributed by atoms with Crippen molar-refractivity contribution in [2.24, 2.45) is 5.92 Å². The largest absolute Gasteiger partial charge is 0.460 e. The van der Waals surface area contributed by atoms with Crippen molar-refractivity contribution in [3.63, 3.8) is 0 Å². The number of rotatable bonds is 2. The number of hydrogen-bond donors (Lipinski definition) is 0. The van der Waals surface area contributed by atoms with Gasteiger partial charge < -0.3 is 4.74 Å². The van der Waals surface area contributed by atoms with Crippen molar-refractivity contribution in [3.05, 3.63) is 11.6 Å². The molecule has 0 saturated carbocycles. The summed E-state index contributed by atoms with van der Waals surface area (Å²) in [7, 11) is 0. The normalized spacial score (nSPS) is 22.7. The number of allylic oxidation sites excluding steroid dienone is 1. The minimum absolute atomic E-state index is 0.00527. The van der Waals surface area contributed by atoms with Crippen LogP contribution in [0.25, 0.3) is 0 Å². The number of ether oxygens (including phenoxy) is 1. The first-order valence-corrected chi connectivity index (χ1v) is 4.49. The standard InChI is InChI=1S/C10H16O2/c1-7(2)12-10(11)9-5-4-8(3)6-9/h5,7-8H,4,6H2,1-3H3/t8-/m0/s1. The van der Waals surface area contributed by atoms with Crippen LogP contribution >= 0.6 is 0 Å². The van der Waals surface area contributed by atoms with E-state index in [1.807, 2.05) is 19.9 Å². The molecule has 0 saturated heterocycles. The monoisotopic (exact) mass is 168 g/mol. The van der Waals surface area contributed by atoms with E-state index in [2.05, 4.69) is 6.92 Å². The van der Waals surface area contributed by atoms with Gasteiger partial charge in [-0.3, -0.25) is 0 Å². The molecule has 0 amide bonds. The van der Waals surface area contributed by atoms with Gasteiger partial charge in [-0.25, -0.2) is 4.79 Å². The van der Waals surface area contributed by atoms with Gasteiger partial charge >= 0.3 is 5.97 Å². The molecule has 1 atom stereocenters. The van der Waals surface area contributed by atoms with Gasteiger partial charge in [-0.05, 0) is 32.6 Å². The maximum atomic E-state index is 11.3. The molecule has 0 aromatic rings. The maximum absolute atomic E-state index is 11.3. The van der Waals surface area contributed by atoms with Gasteiger partial charge in [0.1, 0.15) is 0 Å². The molecule has 0 radical (unpaired) electrons. The summed E-state index contributed by atoms with van der Waals surface area (Å²) in [5.41, 5.74) is 0.858. The summed E-state index contributed by atoms with van der Waals surface area (Å²) in [6, 6.07) is 0. The Hall–Kier alpha value is -0.790. The Bertz CT molecular complexity index is 204. The van der Waals surface area contributed by atoms with Crippen LogP contribution in [0.3, 0.4) is 0 Å². The molecule has 1 rings (SSSR count). The second-order valence-electron chi connectivity index (χ2n) is 3.73. The van der Waals surface area contributed by atoms with E-state index in [9.17, 15) is 4.79 Å². The lowest BCUT2D eigenvalue weighted by atomic mass is 10.1. The molecule has 0 unspecified atom stereocenters. The lowest BCUT2D eigenvalue weighted by Gasteiger charge is -2.08. The van der Waals surface area contributed by atoms with Gasteiger partial charge in [-0.2, -0.15) is 0 Å². The van der Waals surface area contributed by atoms with Crippen molar-refractivity contribution in [2.45, 2.75) is 39.7 Å². The third-order valence-electron chi connectivity index (χ3n) is 1.94. The lowest BCUT2D eigenvalue weighted by molar-refractivity contribution is -0.142. The highest BCUT2D eigenvalue weighted by molar-refractivity contribution is 5.89. The molecule has 0 heterocycles. The first kappa shape index (κ1) is 9.30. The third-order valence-corrected chi connectivity index (χ3v) is 1.94. The first-order valence-electron chi connectivity index (χ1n) is 4.49. The zero-order chi connectivity index (χ0) is 9.14. The Kier molecular flexibility index (Phi) is 2.90. The van der Waals surface area contributed by atoms with Crippen LogP contribution in [0.15, 0.2) is 11.6 Å². The maximum Gasteiger partial charge on any atom is 0.333 e. The van der Waals surface area contributed by atoms with E-state index in [0.29, 0.717) is 5.92 Å². The predicted molar refractivity (Wildman–Crippen MR) is 47.7 cm³/mol. The van der Waals surface area contributed by atoms with E-state index >= 15 is 0 Å². The van der Waals surface area contributed by atoms with Crippen molar-refractivity contribution < 1.29 is 9.53 Å². The lowest BCUT2D eigenvalue weighted by Crippen LogP contribution is -2.13. The average Bonchev–Trinajstić information content (AvgIpc) is 2.34. The minimum Gasteiger partial charge on any atom is -0.460 e. The van der Waals surface area contributed by atoms with E-state index in [4.69, 9.17) is 4.74 Å². The van der Waals surface area contributed by atoms with Crippen LogP contribution in [0.2, 0.25) is 0 Å². The second kappa shape index (κ2) is 3.74. The molecule has 1 aliphatic carbocycles. The van der Waals surface area contributed by atoms with Crippen LogP contribution in [-0.2, 0) is 9.53 Å². The molecule has 0 aromatic carbocycles. The Morgan fingerprint density at radius 3 is 2.75 bits per heavy atom. The number of hydrogen-bond acceptors (Lipinski definition) is 2. The highest BCUT2D eigenvalue weighted by Crippen LogP contribution is 2.25. The minimum atomic E-state index is -0.130. The fourth-order valence-corrected chi connectivity index (χ4v) is 1.34. The summed E-state index contributed by atoms with van der Waals surface area (Å²) in [5.74, 6) is 0.481. The number of esters is 1. The third kappa shape index (κ3) is 2.36. The second-order valence-corrected chi connectivity index (χ2v) is 3.73. The van der Waals surface area contributed by atoms with Crippen molar-refractivity contribution in [2.75, 3.05) is 0 Å². The predicted octanol–water partition coefficient (Wildman–Crippen LogP) is 2.29. The quantitative estimate of drug-likeness (QED) is 0.591. The molecule has 2 heteroatoms. The molecule has 1 aliphatic rings. The molecule has 0 bridgehead atoms. The van der Waals surface area contributed by atoms with Crippen molar-refractivity contribution in [1.29, 1.82) is 0 Å². The van der Waals surface area contributed by atoms with Crippen molar-refractivity contribution in [1.82, 2.24) is 0 Å². The fraction of sp³-hybridized carbons (Fsp3) is 0.700. The highest BCUT2D eigenvalue weighted by Gasteiger charge is 2.20. The molecule has 0 spiro atoms. The molecule has 68 valence electrons. The Labute approximate surface area is 73.6 Å². The highest BCUT2D eigenvalue weighted by atomic mass is 16.5. The summed E-state index contributed by atoms with van der Waals surface area (Å²) in [6.07, 6.45) is 3.89. The summed E-state index contributed by atoms with van der Waals surface area (Å²) in [5, 5.41) is 0. The van der Waals surface area contributed by atoms with E-state index < -0.39 is 0 Å². The van der Waals surface area contributed by atoms with E-state index in [1.54, 1.807) is 0 Å². The van der Waals surface area contributed by atoms with Crippen molar-refractivity contribution in [3.8, 4) is 0 Å². The summed E-state index contributed by atoms with van der Waals surface area (Å²) in [6.45, 7) is 5.89. The average molecular weight is 168 g/mol. The van der Waals surface area contributed by atoms with Crippen LogP contribution < -0.4 is 0 Å². The van der Waals surface area contributed by atoms with E-state index in [0.717, 1.165) is 18.4 Å². The first-order chi connectivity index (χ1) is 5.59. The molecular formula is C10H16O2. The molecule has 0 N–H and O–H groups in total. The Morgan fingerprint density at radius 1 is 1.67 bits per heavy atom. The zero-order valence-corrected chi connectivity index (χ0v) is 7.96. The smallest absolute Gasteiger partial charge is 0.333 e.